The predicted octanol–water partition coefficient (Wildman–Crippen LogP) is 4.82. The van der Waals surface area contributed by atoms with Crippen LogP contribution in [0.15, 0.2) is 48.5 Å². The number of ether oxygens (including phenoxy) is 1. The highest BCUT2D eigenvalue weighted by atomic mass is 19.1. The Morgan fingerprint density at radius 1 is 1.00 bits per heavy atom. The summed E-state index contributed by atoms with van der Waals surface area (Å²) >= 11 is 0. The zero-order chi connectivity index (χ0) is 17.3. The van der Waals surface area contributed by atoms with E-state index >= 15 is 0 Å². The van der Waals surface area contributed by atoms with Crippen LogP contribution in [0.1, 0.15) is 44.1 Å². The van der Waals surface area contributed by atoms with E-state index in [0.717, 1.165) is 42.7 Å². The Kier molecular flexibility index (Phi) is 4.20. The molecule has 0 aromatic heterocycles. The van der Waals surface area contributed by atoms with E-state index in [9.17, 15) is 9.18 Å². The maximum Gasteiger partial charge on any atom is 0.235 e. The molecule has 130 valence electrons. The van der Waals surface area contributed by atoms with Gasteiger partial charge in [0, 0.05) is 5.69 Å². The largest absolute Gasteiger partial charge is 0.490 e. The van der Waals surface area contributed by atoms with Crippen LogP contribution < -0.4 is 10.1 Å². The van der Waals surface area contributed by atoms with Crippen LogP contribution in [-0.2, 0) is 10.2 Å². The number of nitrogens with one attached hydrogen (secondary N) is 1. The SMILES string of the molecule is O=C(Nc1ccc(OC2CCCC2)cc1)C1(c2ccc(F)cc2)CC1. The summed E-state index contributed by atoms with van der Waals surface area (Å²) in [6.07, 6.45) is 6.65. The van der Waals surface area contributed by atoms with Crippen molar-refractivity contribution >= 4 is 11.6 Å². The molecule has 0 radical (unpaired) electrons. The zero-order valence-corrected chi connectivity index (χ0v) is 14.1. The summed E-state index contributed by atoms with van der Waals surface area (Å²) in [6, 6.07) is 13.8. The minimum absolute atomic E-state index is 0.0245. The van der Waals surface area contributed by atoms with Gasteiger partial charge in [-0.3, -0.25) is 4.79 Å². The molecule has 2 aliphatic rings. The highest BCUT2D eigenvalue weighted by molar-refractivity contribution is 6.01. The van der Waals surface area contributed by atoms with Crippen LogP contribution in [0.25, 0.3) is 0 Å². The second kappa shape index (κ2) is 6.51. The van der Waals surface area contributed by atoms with Gasteiger partial charge in [0.1, 0.15) is 11.6 Å². The molecular formula is C21H22FNO2. The molecule has 0 heterocycles. The van der Waals surface area contributed by atoms with Crippen LogP contribution >= 0.6 is 0 Å². The van der Waals surface area contributed by atoms with Gasteiger partial charge in [0.2, 0.25) is 5.91 Å². The molecule has 2 saturated carbocycles. The third kappa shape index (κ3) is 3.39. The topological polar surface area (TPSA) is 38.3 Å². The first kappa shape index (κ1) is 16.1. The van der Waals surface area contributed by atoms with Crippen LogP contribution in [-0.4, -0.2) is 12.0 Å². The molecule has 3 nitrogen and oxygen atoms in total. The van der Waals surface area contributed by atoms with E-state index in [1.165, 1.54) is 25.0 Å². The second-order valence-electron chi connectivity index (χ2n) is 7.09. The van der Waals surface area contributed by atoms with Crippen LogP contribution in [0.5, 0.6) is 5.75 Å². The maximum atomic E-state index is 13.1. The molecule has 0 unspecified atom stereocenters. The Balaban J connectivity index is 1.41. The van der Waals surface area contributed by atoms with Crippen molar-refractivity contribution in [2.45, 2.75) is 50.0 Å². The lowest BCUT2D eigenvalue weighted by molar-refractivity contribution is -0.118. The van der Waals surface area contributed by atoms with Crippen molar-refractivity contribution in [2.24, 2.45) is 0 Å². The monoisotopic (exact) mass is 339 g/mol. The van der Waals surface area contributed by atoms with Crippen LogP contribution in [0.2, 0.25) is 0 Å². The van der Waals surface area contributed by atoms with Crippen molar-refractivity contribution in [3.05, 3.63) is 59.9 Å². The number of hydrogen-bond donors (Lipinski definition) is 1. The number of rotatable bonds is 5. The lowest BCUT2D eigenvalue weighted by atomic mass is 9.95. The Hall–Kier alpha value is -2.36. The van der Waals surface area contributed by atoms with Gasteiger partial charge < -0.3 is 10.1 Å². The quantitative estimate of drug-likeness (QED) is 0.848. The Morgan fingerprint density at radius 2 is 1.64 bits per heavy atom. The van der Waals surface area contributed by atoms with E-state index in [0.29, 0.717) is 6.10 Å². The van der Waals surface area contributed by atoms with Crippen molar-refractivity contribution in [1.82, 2.24) is 0 Å². The Bertz CT molecular complexity index is 744. The molecule has 4 rings (SSSR count). The lowest BCUT2D eigenvalue weighted by Crippen LogP contribution is -2.27. The molecule has 1 amide bonds. The first-order chi connectivity index (χ1) is 12.2. The van der Waals surface area contributed by atoms with E-state index in [4.69, 9.17) is 4.74 Å². The van der Waals surface area contributed by atoms with Gasteiger partial charge in [0.05, 0.1) is 11.5 Å². The van der Waals surface area contributed by atoms with E-state index in [1.54, 1.807) is 12.1 Å². The van der Waals surface area contributed by atoms with Gasteiger partial charge in [-0.25, -0.2) is 4.39 Å². The van der Waals surface area contributed by atoms with Gasteiger partial charge in [-0.15, -0.1) is 0 Å². The first-order valence-corrected chi connectivity index (χ1v) is 9.00. The molecule has 2 aliphatic carbocycles. The predicted molar refractivity (Wildman–Crippen MR) is 95.3 cm³/mol. The molecule has 0 saturated heterocycles. The Labute approximate surface area is 147 Å². The summed E-state index contributed by atoms with van der Waals surface area (Å²) in [4.78, 5) is 12.7. The van der Waals surface area contributed by atoms with Gasteiger partial charge in [0.15, 0.2) is 0 Å². The number of halogens is 1. The molecule has 25 heavy (non-hydrogen) atoms. The molecular weight excluding hydrogens is 317 g/mol. The minimum Gasteiger partial charge on any atom is -0.490 e. The normalized spacial score (nSPS) is 18.8. The standard InChI is InChI=1S/C21H22FNO2/c22-16-7-5-15(6-8-16)21(13-14-21)20(24)23-17-9-11-19(12-10-17)25-18-3-1-2-4-18/h5-12,18H,1-4,13-14H2,(H,23,24). The number of amides is 1. The van der Waals surface area contributed by atoms with Crippen LogP contribution in [0.3, 0.4) is 0 Å². The lowest BCUT2D eigenvalue weighted by Gasteiger charge is -2.17. The molecule has 2 aromatic carbocycles. The summed E-state index contributed by atoms with van der Waals surface area (Å²) in [7, 11) is 0. The van der Waals surface area contributed by atoms with Gasteiger partial charge >= 0.3 is 0 Å². The molecule has 0 atom stereocenters. The Morgan fingerprint density at radius 3 is 2.24 bits per heavy atom. The van der Waals surface area contributed by atoms with E-state index in [1.807, 2.05) is 24.3 Å². The fraction of sp³-hybridized carbons (Fsp3) is 0.381. The minimum atomic E-state index is -0.507. The third-order valence-corrected chi connectivity index (χ3v) is 5.30. The van der Waals surface area contributed by atoms with Crippen LogP contribution in [0.4, 0.5) is 10.1 Å². The summed E-state index contributed by atoms with van der Waals surface area (Å²) in [6.45, 7) is 0. The third-order valence-electron chi connectivity index (χ3n) is 5.30. The van der Waals surface area contributed by atoms with Gasteiger partial charge in [0.25, 0.3) is 0 Å². The highest BCUT2D eigenvalue weighted by Gasteiger charge is 2.51. The zero-order valence-electron chi connectivity index (χ0n) is 14.1. The fourth-order valence-corrected chi connectivity index (χ4v) is 3.61. The summed E-state index contributed by atoms with van der Waals surface area (Å²) in [5.74, 6) is 0.547. The molecule has 2 fully saturated rings. The first-order valence-electron chi connectivity index (χ1n) is 9.00. The molecule has 4 heteroatoms. The summed E-state index contributed by atoms with van der Waals surface area (Å²) in [5.41, 5.74) is 1.14. The van der Waals surface area contributed by atoms with Crippen molar-refractivity contribution in [1.29, 1.82) is 0 Å². The molecule has 0 bridgehead atoms. The van der Waals surface area contributed by atoms with Crippen molar-refractivity contribution in [2.75, 3.05) is 5.32 Å². The highest BCUT2D eigenvalue weighted by Crippen LogP contribution is 2.49. The summed E-state index contributed by atoms with van der Waals surface area (Å²) < 4.78 is 19.1. The maximum absolute atomic E-state index is 13.1. The number of hydrogen-bond acceptors (Lipinski definition) is 2. The van der Waals surface area contributed by atoms with Crippen molar-refractivity contribution in [3.8, 4) is 5.75 Å². The average molecular weight is 339 g/mol. The number of carbonyl (C=O) groups excluding carboxylic acids is 1. The molecule has 2 aromatic rings. The van der Waals surface area contributed by atoms with Crippen molar-refractivity contribution in [3.63, 3.8) is 0 Å². The van der Waals surface area contributed by atoms with E-state index < -0.39 is 5.41 Å². The number of anilines is 1. The number of benzene rings is 2. The van der Waals surface area contributed by atoms with Gasteiger partial charge in [-0.2, -0.15) is 0 Å². The molecule has 0 aliphatic heterocycles. The van der Waals surface area contributed by atoms with E-state index in [-0.39, 0.29) is 11.7 Å². The smallest absolute Gasteiger partial charge is 0.235 e. The number of carbonyl (C=O) groups is 1. The van der Waals surface area contributed by atoms with Crippen molar-refractivity contribution < 1.29 is 13.9 Å². The van der Waals surface area contributed by atoms with E-state index in [2.05, 4.69) is 5.32 Å². The summed E-state index contributed by atoms with van der Waals surface area (Å²) in [5, 5.41) is 2.99. The van der Waals surface area contributed by atoms with Crippen LogP contribution in [0, 0.1) is 5.82 Å². The second-order valence-corrected chi connectivity index (χ2v) is 7.09. The molecule has 1 N–H and O–H groups in total. The van der Waals surface area contributed by atoms with Gasteiger partial charge in [-0.1, -0.05) is 12.1 Å². The molecule has 0 spiro atoms. The fourth-order valence-electron chi connectivity index (χ4n) is 3.61. The van der Waals surface area contributed by atoms with Gasteiger partial charge in [-0.05, 0) is 80.5 Å². The average Bonchev–Trinajstić information content (AvgIpc) is 3.28.